The molecule has 1 aliphatic heterocycles. The van der Waals surface area contributed by atoms with Crippen LogP contribution in [0.4, 0.5) is 0 Å². The predicted molar refractivity (Wildman–Crippen MR) is 54.4 cm³/mol. The maximum Gasteiger partial charge on any atom is 0.0156 e. The van der Waals surface area contributed by atoms with Crippen LogP contribution in [-0.2, 0) is 0 Å². The Balaban J connectivity index is 2.66. The molecule has 1 heterocycles. The molecule has 0 N–H and O–H groups in total. The van der Waals surface area contributed by atoms with Crippen molar-refractivity contribution < 1.29 is 0 Å². The topological polar surface area (TPSA) is 3.24 Å². The van der Waals surface area contributed by atoms with Crippen LogP contribution < -0.4 is 0 Å². The van der Waals surface area contributed by atoms with Crippen molar-refractivity contribution in [2.45, 2.75) is 65.0 Å². The number of piperidine rings is 1. The van der Waals surface area contributed by atoms with Crippen LogP contribution in [0, 0.1) is 0 Å². The quantitative estimate of drug-likeness (QED) is 0.614. The summed E-state index contributed by atoms with van der Waals surface area (Å²) in [6.07, 6.45) is 5.52. The zero-order valence-electron chi connectivity index (χ0n) is 9.06. The summed E-state index contributed by atoms with van der Waals surface area (Å²) in [6.45, 7) is 10.6. The molecule has 0 amide bonds. The van der Waals surface area contributed by atoms with E-state index in [2.05, 4.69) is 32.6 Å². The fourth-order valence-corrected chi connectivity index (χ4v) is 2.67. The van der Waals surface area contributed by atoms with Crippen LogP contribution in [0.5, 0.6) is 0 Å². The molecule has 12 heavy (non-hydrogen) atoms. The molecule has 0 bridgehead atoms. The lowest BCUT2D eigenvalue weighted by molar-refractivity contribution is 0.0270. The fourth-order valence-electron chi connectivity index (χ4n) is 2.67. The van der Waals surface area contributed by atoms with E-state index >= 15 is 0 Å². The van der Waals surface area contributed by atoms with Gasteiger partial charge < -0.3 is 0 Å². The van der Waals surface area contributed by atoms with Crippen molar-refractivity contribution in [2.24, 2.45) is 0 Å². The number of likely N-dealkylation sites (tertiary alicyclic amines) is 1. The second-order valence-corrected chi connectivity index (χ2v) is 4.55. The minimum atomic E-state index is 0.452. The molecule has 1 nitrogen and oxygen atoms in total. The SMILES string of the molecule is CCC1CCCC(C)(C)N1CC. The Hall–Kier alpha value is -0.0400. The minimum Gasteiger partial charge on any atom is -0.296 e. The van der Waals surface area contributed by atoms with E-state index in [1.54, 1.807) is 0 Å². The molecule has 0 aromatic heterocycles. The van der Waals surface area contributed by atoms with Crippen molar-refractivity contribution in [1.82, 2.24) is 4.90 Å². The molecule has 0 aromatic rings. The summed E-state index contributed by atoms with van der Waals surface area (Å²) >= 11 is 0. The lowest BCUT2D eigenvalue weighted by atomic mass is 9.85. The third-order valence-corrected chi connectivity index (χ3v) is 3.36. The smallest absolute Gasteiger partial charge is 0.0156 e. The second-order valence-electron chi connectivity index (χ2n) is 4.55. The van der Waals surface area contributed by atoms with Gasteiger partial charge in [0.1, 0.15) is 0 Å². The third-order valence-electron chi connectivity index (χ3n) is 3.36. The molecule has 1 aliphatic rings. The van der Waals surface area contributed by atoms with Gasteiger partial charge >= 0.3 is 0 Å². The monoisotopic (exact) mass is 169 g/mol. The Morgan fingerprint density at radius 2 is 2.00 bits per heavy atom. The van der Waals surface area contributed by atoms with Gasteiger partial charge in [-0.15, -0.1) is 0 Å². The second kappa shape index (κ2) is 3.78. The van der Waals surface area contributed by atoms with Crippen LogP contribution >= 0.6 is 0 Å². The van der Waals surface area contributed by atoms with Crippen molar-refractivity contribution in [3.63, 3.8) is 0 Å². The number of rotatable bonds is 2. The van der Waals surface area contributed by atoms with Gasteiger partial charge in [-0.2, -0.15) is 0 Å². The Bertz CT molecular complexity index is 140. The molecule has 0 radical (unpaired) electrons. The molecule has 1 rings (SSSR count). The van der Waals surface area contributed by atoms with Gasteiger partial charge in [0, 0.05) is 11.6 Å². The van der Waals surface area contributed by atoms with Gasteiger partial charge in [-0.3, -0.25) is 4.90 Å². The molecule has 0 aliphatic carbocycles. The van der Waals surface area contributed by atoms with Crippen LogP contribution in [0.15, 0.2) is 0 Å². The lowest BCUT2D eigenvalue weighted by Crippen LogP contribution is -2.52. The van der Waals surface area contributed by atoms with E-state index in [4.69, 9.17) is 0 Å². The number of hydrogen-bond acceptors (Lipinski definition) is 1. The molecule has 0 aromatic carbocycles. The largest absolute Gasteiger partial charge is 0.296 e. The summed E-state index contributed by atoms with van der Waals surface area (Å²) in [5.41, 5.74) is 0.452. The normalized spacial score (nSPS) is 30.5. The number of nitrogens with zero attached hydrogens (tertiary/aromatic N) is 1. The highest BCUT2D eigenvalue weighted by Gasteiger charge is 2.33. The van der Waals surface area contributed by atoms with Gasteiger partial charge in [-0.1, -0.05) is 20.3 Å². The molecule has 1 fully saturated rings. The summed E-state index contributed by atoms with van der Waals surface area (Å²) in [4.78, 5) is 2.68. The van der Waals surface area contributed by atoms with E-state index in [1.807, 2.05) is 0 Å². The first-order valence-electron chi connectivity index (χ1n) is 5.38. The fraction of sp³-hybridized carbons (Fsp3) is 1.00. The van der Waals surface area contributed by atoms with E-state index in [0.29, 0.717) is 5.54 Å². The molecule has 1 saturated heterocycles. The Kier molecular flexibility index (Phi) is 3.16. The third kappa shape index (κ3) is 1.82. The zero-order chi connectivity index (χ0) is 9.19. The van der Waals surface area contributed by atoms with Gasteiger partial charge in [0.15, 0.2) is 0 Å². The van der Waals surface area contributed by atoms with Crippen molar-refractivity contribution in [2.75, 3.05) is 6.54 Å². The van der Waals surface area contributed by atoms with Gasteiger partial charge in [-0.25, -0.2) is 0 Å². The van der Waals surface area contributed by atoms with Gasteiger partial charge in [0.2, 0.25) is 0 Å². The van der Waals surface area contributed by atoms with Crippen LogP contribution in [-0.4, -0.2) is 23.0 Å². The van der Waals surface area contributed by atoms with Crippen molar-refractivity contribution in [1.29, 1.82) is 0 Å². The standard InChI is InChI=1S/C11H23N/c1-5-10-8-7-9-11(3,4)12(10)6-2/h10H,5-9H2,1-4H3. The van der Waals surface area contributed by atoms with Crippen LogP contribution in [0.1, 0.15) is 53.4 Å². The average molecular weight is 169 g/mol. The highest BCUT2D eigenvalue weighted by Crippen LogP contribution is 2.32. The van der Waals surface area contributed by atoms with Crippen molar-refractivity contribution in [3.05, 3.63) is 0 Å². The van der Waals surface area contributed by atoms with E-state index in [0.717, 1.165) is 6.04 Å². The van der Waals surface area contributed by atoms with Crippen molar-refractivity contribution in [3.8, 4) is 0 Å². The van der Waals surface area contributed by atoms with Crippen LogP contribution in [0.25, 0.3) is 0 Å². The molecule has 72 valence electrons. The van der Waals surface area contributed by atoms with Crippen LogP contribution in [0.2, 0.25) is 0 Å². The Morgan fingerprint density at radius 3 is 2.42 bits per heavy atom. The van der Waals surface area contributed by atoms with E-state index < -0.39 is 0 Å². The zero-order valence-corrected chi connectivity index (χ0v) is 9.06. The Labute approximate surface area is 77.1 Å². The highest BCUT2D eigenvalue weighted by atomic mass is 15.2. The van der Waals surface area contributed by atoms with Crippen LogP contribution in [0.3, 0.4) is 0 Å². The van der Waals surface area contributed by atoms with Gasteiger partial charge in [-0.05, 0) is 39.7 Å². The average Bonchev–Trinajstić information content (AvgIpc) is 2.02. The molecule has 1 heteroatoms. The highest BCUT2D eigenvalue weighted by molar-refractivity contribution is 4.89. The van der Waals surface area contributed by atoms with E-state index in [9.17, 15) is 0 Å². The molecule has 0 spiro atoms. The maximum atomic E-state index is 2.68. The van der Waals surface area contributed by atoms with Crippen molar-refractivity contribution >= 4 is 0 Å². The summed E-state index contributed by atoms with van der Waals surface area (Å²) in [5, 5.41) is 0. The molecular weight excluding hydrogens is 146 g/mol. The first-order chi connectivity index (χ1) is 5.61. The molecule has 1 unspecified atom stereocenters. The summed E-state index contributed by atoms with van der Waals surface area (Å²) in [7, 11) is 0. The van der Waals surface area contributed by atoms with E-state index in [1.165, 1.54) is 32.2 Å². The Morgan fingerprint density at radius 1 is 1.33 bits per heavy atom. The maximum absolute atomic E-state index is 2.68. The lowest BCUT2D eigenvalue weighted by Gasteiger charge is -2.47. The molecular formula is C11H23N. The van der Waals surface area contributed by atoms with E-state index in [-0.39, 0.29) is 0 Å². The number of hydrogen-bond donors (Lipinski definition) is 0. The summed E-state index contributed by atoms with van der Waals surface area (Å²) in [6, 6.07) is 0.846. The minimum absolute atomic E-state index is 0.452. The first-order valence-corrected chi connectivity index (χ1v) is 5.38. The summed E-state index contributed by atoms with van der Waals surface area (Å²) < 4.78 is 0. The first kappa shape index (κ1) is 10.0. The predicted octanol–water partition coefficient (Wildman–Crippen LogP) is 3.05. The van der Waals surface area contributed by atoms with Gasteiger partial charge in [0.25, 0.3) is 0 Å². The van der Waals surface area contributed by atoms with Gasteiger partial charge in [0.05, 0.1) is 0 Å². The summed E-state index contributed by atoms with van der Waals surface area (Å²) in [5.74, 6) is 0. The molecule has 0 saturated carbocycles. The molecule has 1 atom stereocenters.